The maximum Gasteiger partial charge on any atom is 0.225 e. The molecule has 1 aliphatic heterocycles. The smallest absolute Gasteiger partial charge is 0.225 e. The molecule has 4 rings (SSSR count). The zero-order valence-electron chi connectivity index (χ0n) is 15.9. The SMILES string of the molecule is C[C@@H](NC(=O)[C@H]1CCCN(c2ncccn2)C1)c1ncc(-c2ccccc2)[nH]1. The summed E-state index contributed by atoms with van der Waals surface area (Å²) in [5.41, 5.74) is 2.02. The van der Waals surface area contributed by atoms with Crippen LogP contribution in [-0.4, -0.2) is 38.9 Å². The van der Waals surface area contributed by atoms with Gasteiger partial charge in [-0.25, -0.2) is 15.0 Å². The van der Waals surface area contributed by atoms with Crippen LogP contribution in [0.1, 0.15) is 31.6 Å². The van der Waals surface area contributed by atoms with Crippen LogP contribution >= 0.6 is 0 Å². The Morgan fingerprint density at radius 3 is 2.75 bits per heavy atom. The van der Waals surface area contributed by atoms with Crippen molar-refractivity contribution in [2.75, 3.05) is 18.0 Å². The van der Waals surface area contributed by atoms with Crippen LogP contribution in [0.4, 0.5) is 5.95 Å². The number of carbonyl (C=O) groups excluding carboxylic acids is 1. The normalized spacial score (nSPS) is 17.9. The van der Waals surface area contributed by atoms with Crippen molar-refractivity contribution in [1.29, 1.82) is 0 Å². The third-order valence-corrected chi connectivity index (χ3v) is 5.08. The quantitative estimate of drug-likeness (QED) is 0.715. The molecule has 2 N–H and O–H groups in total. The first-order valence-corrected chi connectivity index (χ1v) is 9.63. The van der Waals surface area contributed by atoms with E-state index in [1.165, 1.54) is 0 Å². The van der Waals surface area contributed by atoms with Gasteiger partial charge >= 0.3 is 0 Å². The number of nitrogens with zero attached hydrogens (tertiary/aromatic N) is 4. The summed E-state index contributed by atoms with van der Waals surface area (Å²) in [6, 6.07) is 11.6. The lowest BCUT2D eigenvalue weighted by molar-refractivity contribution is -0.126. The monoisotopic (exact) mass is 376 g/mol. The molecule has 0 spiro atoms. The molecule has 3 aromatic rings. The van der Waals surface area contributed by atoms with Crippen molar-refractivity contribution in [2.45, 2.75) is 25.8 Å². The van der Waals surface area contributed by atoms with Gasteiger partial charge in [0.15, 0.2) is 0 Å². The van der Waals surface area contributed by atoms with Crippen LogP contribution in [0.2, 0.25) is 0 Å². The molecule has 1 aliphatic rings. The van der Waals surface area contributed by atoms with E-state index in [4.69, 9.17) is 0 Å². The highest BCUT2D eigenvalue weighted by atomic mass is 16.2. The van der Waals surface area contributed by atoms with Gasteiger partial charge in [0.05, 0.1) is 23.9 Å². The standard InChI is InChI=1S/C21H24N6O/c1-15(19-24-13-18(26-19)16-7-3-2-4-8-16)25-20(28)17-9-5-12-27(14-17)21-22-10-6-11-23-21/h2-4,6-8,10-11,13,15,17H,5,9,12,14H2,1H3,(H,24,26)(H,25,28)/t15-,17+/m1/s1. The highest BCUT2D eigenvalue weighted by molar-refractivity contribution is 5.79. The Balaban J connectivity index is 1.38. The molecule has 7 nitrogen and oxygen atoms in total. The van der Waals surface area contributed by atoms with Gasteiger partial charge in [0, 0.05) is 25.5 Å². The average Bonchev–Trinajstić information content (AvgIpc) is 3.26. The number of amides is 1. The van der Waals surface area contributed by atoms with Gasteiger partial charge in [-0.15, -0.1) is 0 Å². The van der Waals surface area contributed by atoms with E-state index in [0.29, 0.717) is 12.5 Å². The lowest BCUT2D eigenvalue weighted by Crippen LogP contribution is -2.44. The number of anilines is 1. The van der Waals surface area contributed by atoms with E-state index < -0.39 is 0 Å². The van der Waals surface area contributed by atoms with Crippen molar-refractivity contribution in [3.05, 3.63) is 60.8 Å². The fourth-order valence-corrected chi connectivity index (χ4v) is 3.55. The Hall–Kier alpha value is -3.22. The summed E-state index contributed by atoms with van der Waals surface area (Å²) >= 11 is 0. The molecule has 1 aromatic carbocycles. The number of rotatable bonds is 5. The zero-order valence-corrected chi connectivity index (χ0v) is 15.9. The second-order valence-electron chi connectivity index (χ2n) is 7.11. The Morgan fingerprint density at radius 2 is 1.96 bits per heavy atom. The molecule has 1 fully saturated rings. The fraction of sp³-hybridized carbons (Fsp3) is 0.333. The summed E-state index contributed by atoms with van der Waals surface area (Å²) in [4.78, 5) is 31.3. The van der Waals surface area contributed by atoms with Crippen LogP contribution < -0.4 is 10.2 Å². The summed E-state index contributed by atoms with van der Waals surface area (Å²) in [7, 11) is 0. The molecule has 0 aliphatic carbocycles. The number of benzene rings is 1. The first-order chi connectivity index (χ1) is 13.7. The molecule has 7 heteroatoms. The molecule has 144 valence electrons. The van der Waals surface area contributed by atoms with Crippen LogP contribution in [0, 0.1) is 5.92 Å². The molecular weight excluding hydrogens is 352 g/mol. The van der Waals surface area contributed by atoms with Gasteiger partial charge in [0.25, 0.3) is 0 Å². The topological polar surface area (TPSA) is 86.8 Å². The molecule has 1 saturated heterocycles. The third-order valence-electron chi connectivity index (χ3n) is 5.08. The van der Waals surface area contributed by atoms with E-state index in [1.54, 1.807) is 18.5 Å². The number of nitrogens with one attached hydrogen (secondary N) is 2. The zero-order chi connectivity index (χ0) is 19.3. The van der Waals surface area contributed by atoms with Crippen molar-refractivity contribution in [1.82, 2.24) is 25.3 Å². The molecule has 2 aromatic heterocycles. The van der Waals surface area contributed by atoms with Crippen molar-refractivity contribution < 1.29 is 4.79 Å². The van der Waals surface area contributed by atoms with Gasteiger partial charge in [-0.05, 0) is 31.4 Å². The van der Waals surface area contributed by atoms with Crippen LogP contribution in [-0.2, 0) is 4.79 Å². The van der Waals surface area contributed by atoms with Crippen LogP contribution in [0.25, 0.3) is 11.3 Å². The van der Waals surface area contributed by atoms with Crippen molar-refractivity contribution >= 4 is 11.9 Å². The van der Waals surface area contributed by atoms with Gasteiger partial charge in [0.1, 0.15) is 5.82 Å². The van der Waals surface area contributed by atoms with Crippen LogP contribution in [0.3, 0.4) is 0 Å². The summed E-state index contributed by atoms with van der Waals surface area (Å²) in [6.07, 6.45) is 7.09. The van der Waals surface area contributed by atoms with Gasteiger partial charge in [-0.2, -0.15) is 0 Å². The minimum Gasteiger partial charge on any atom is -0.346 e. The van der Waals surface area contributed by atoms with Crippen molar-refractivity contribution in [3.63, 3.8) is 0 Å². The summed E-state index contributed by atoms with van der Waals surface area (Å²) in [5.74, 6) is 1.41. The van der Waals surface area contributed by atoms with Crippen LogP contribution in [0.5, 0.6) is 0 Å². The average molecular weight is 376 g/mol. The molecule has 2 atom stereocenters. The van der Waals surface area contributed by atoms with E-state index in [9.17, 15) is 4.79 Å². The number of carbonyl (C=O) groups is 1. The summed E-state index contributed by atoms with van der Waals surface area (Å²) in [5, 5.41) is 3.10. The maximum atomic E-state index is 12.8. The maximum absolute atomic E-state index is 12.8. The van der Waals surface area contributed by atoms with Gasteiger partial charge < -0.3 is 15.2 Å². The minimum absolute atomic E-state index is 0.0470. The summed E-state index contributed by atoms with van der Waals surface area (Å²) < 4.78 is 0. The molecule has 0 saturated carbocycles. The molecule has 0 unspecified atom stereocenters. The number of aromatic nitrogens is 4. The Kier molecular flexibility index (Phi) is 5.32. The van der Waals surface area contributed by atoms with Crippen LogP contribution in [0.15, 0.2) is 55.0 Å². The molecule has 3 heterocycles. The Bertz CT molecular complexity index is 911. The third kappa shape index (κ3) is 4.03. The molecule has 0 radical (unpaired) electrons. The number of imidazole rings is 1. The van der Waals surface area contributed by atoms with E-state index in [1.807, 2.05) is 43.5 Å². The van der Waals surface area contributed by atoms with Crippen molar-refractivity contribution in [2.24, 2.45) is 5.92 Å². The number of H-pyrrole nitrogens is 1. The minimum atomic E-state index is -0.187. The largest absolute Gasteiger partial charge is 0.346 e. The van der Waals surface area contributed by atoms with E-state index in [2.05, 4.69) is 30.2 Å². The molecular formula is C21H24N6O. The summed E-state index contributed by atoms with van der Waals surface area (Å²) in [6.45, 7) is 3.46. The number of piperidine rings is 1. The van der Waals surface area contributed by atoms with Gasteiger partial charge in [-0.3, -0.25) is 4.79 Å². The van der Waals surface area contributed by atoms with E-state index >= 15 is 0 Å². The molecule has 1 amide bonds. The number of hydrogen-bond donors (Lipinski definition) is 2. The number of hydrogen-bond acceptors (Lipinski definition) is 5. The number of aromatic amines is 1. The predicted octanol–water partition coefficient (Wildman–Crippen LogP) is 2.96. The van der Waals surface area contributed by atoms with Gasteiger partial charge in [-0.1, -0.05) is 30.3 Å². The predicted molar refractivity (Wildman–Crippen MR) is 108 cm³/mol. The second-order valence-corrected chi connectivity index (χ2v) is 7.11. The Labute approximate surface area is 164 Å². The molecule has 0 bridgehead atoms. The highest BCUT2D eigenvalue weighted by Crippen LogP contribution is 2.22. The highest BCUT2D eigenvalue weighted by Gasteiger charge is 2.28. The fourth-order valence-electron chi connectivity index (χ4n) is 3.55. The lowest BCUT2D eigenvalue weighted by Gasteiger charge is -2.32. The Morgan fingerprint density at radius 1 is 1.18 bits per heavy atom. The molecule has 28 heavy (non-hydrogen) atoms. The first kappa shape index (κ1) is 18.2. The van der Waals surface area contributed by atoms with E-state index in [-0.39, 0.29) is 17.9 Å². The van der Waals surface area contributed by atoms with Crippen molar-refractivity contribution in [3.8, 4) is 11.3 Å². The lowest BCUT2D eigenvalue weighted by atomic mass is 9.97. The van der Waals surface area contributed by atoms with E-state index in [0.717, 1.165) is 36.5 Å². The van der Waals surface area contributed by atoms with Gasteiger partial charge in [0.2, 0.25) is 11.9 Å². The first-order valence-electron chi connectivity index (χ1n) is 9.63. The second kappa shape index (κ2) is 8.21.